The summed E-state index contributed by atoms with van der Waals surface area (Å²) in [6.45, 7) is 1.77. The first-order chi connectivity index (χ1) is 13.6. The molecule has 1 amide bonds. The Kier molecular flexibility index (Phi) is 6.66. The van der Waals surface area contributed by atoms with E-state index in [1.54, 1.807) is 6.92 Å². The fourth-order valence-electron chi connectivity index (χ4n) is 5.01. The number of nitrogens with one attached hydrogen (secondary N) is 2. The van der Waals surface area contributed by atoms with Gasteiger partial charge in [-0.05, 0) is 68.9 Å². The summed E-state index contributed by atoms with van der Waals surface area (Å²) in [7, 11) is 0. The Morgan fingerprint density at radius 1 is 1.28 bits per heavy atom. The lowest BCUT2D eigenvalue weighted by Crippen LogP contribution is -2.49. The first-order valence-corrected chi connectivity index (χ1v) is 10.6. The molecule has 2 N–H and O–H groups in total. The first-order valence-electron chi connectivity index (χ1n) is 10.6. The summed E-state index contributed by atoms with van der Waals surface area (Å²) in [6.07, 6.45) is 10.6. The van der Waals surface area contributed by atoms with Crippen molar-refractivity contribution in [3.63, 3.8) is 0 Å². The molecule has 0 aliphatic heterocycles. The van der Waals surface area contributed by atoms with Gasteiger partial charge in [0.15, 0.2) is 0 Å². The Morgan fingerprint density at radius 3 is 2.93 bits per heavy atom. The molecule has 156 valence electrons. The zero-order valence-corrected chi connectivity index (χ0v) is 17.3. The lowest BCUT2D eigenvalue weighted by Gasteiger charge is -2.39. The van der Waals surface area contributed by atoms with E-state index in [1.807, 2.05) is 24.4 Å². The van der Waals surface area contributed by atoms with Crippen LogP contribution in [0.1, 0.15) is 57.4 Å². The number of aryl methyl sites for hydroxylation is 1. The highest BCUT2D eigenvalue weighted by molar-refractivity contribution is 5.83. The molecule has 2 fully saturated rings. The van der Waals surface area contributed by atoms with E-state index in [9.17, 15) is 9.59 Å². The quantitative estimate of drug-likeness (QED) is 0.669. The number of ether oxygens (including phenoxy) is 1. The third-order valence-corrected chi connectivity index (χ3v) is 6.70. The van der Waals surface area contributed by atoms with E-state index in [1.165, 1.54) is 19.3 Å². The van der Waals surface area contributed by atoms with E-state index < -0.39 is 11.6 Å². The van der Waals surface area contributed by atoms with Gasteiger partial charge in [-0.15, -0.1) is 0 Å². The van der Waals surface area contributed by atoms with Gasteiger partial charge in [0.25, 0.3) is 0 Å². The van der Waals surface area contributed by atoms with Gasteiger partial charge in [-0.25, -0.2) is 4.79 Å². The van der Waals surface area contributed by atoms with E-state index in [-0.39, 0.29) is 13.5 Å². The molecule has 29 heavy (non-hydrogen) atoms. The summed E-state index contributed by atoms with van der Waals surface area (Å²) >= 11 is 0. The van der Waals surface area contributed by atoms with Crippen LogP contribution >= 0.6 is 0 Å². The van der Waals surface area contributed by atoms with Gasteiger partial charge in [-0.3, -0.25) is 0 Å². The van der Waals surface area contributed by atoms with Crippen LogP contribution in [-0.2, 0) is 16.0 Å². The SMILES string of the molecule is CC(C=O)(CCc1c[nH]c2ccccc12)NC(=O)OC1CCC2CCCC1C2.[CH2]. The molecule has 5 nitrogen and oxygen atoms in total. The molecule has 2 aromatic rings. The fourth-order valence-corrected chi connectivity index (χ4v) is 5.01. The van der Waals surface area contributed by atoms with E-state index in [4.69, 9.17) is 4.74 Å². The minimum atomic E-state index is -0.931. The zero-order chi connectivity index (χ0) is 19.6. The molecule has 5 heteroatoms. The van der Waals surface area contributed by atoms with Gasteiger partial charge in [-0.1, -0.05) is 38.5 Å². The average molecular weight is 397 g/mol. The second-order valence-corrected chi connectivity index (χ2v) is 8.83. The van der Waals surface area contributed by atoms with Crippen molar-refractivity contribution in [2.45, 2.75) is 69.9 Å². The Balaban J connectivity index is 0.00000240. The molecule has 2 aliphatic rings. The molecule has 1 aromatic heterocycles. The van der Waals surface area contributed by atoms with E-state index in [0.29, 0.717) is 18.8 Å². The lowest BCUT2D eigenvalue weighted by atomic mass is 9.71. The third-order valence-electron chi connectivity index (χ3n) is 6.70. The summed E-state index contributed by atoms with van der Waals surface area (Å²) in [5.74, 6) is 1.31. The Hall–Kier alpha value is -2.30. The average Bonchev–Trinajstić information content (AvgIpc) is 3.12. The van der Waals surface area contributed by atoms with Crippen molar-refractivity contribution in [3.05, 3.63) is 43.5 Å². The minimum absolute atomic E-state index is 0. The number of fused-ring (bicyclic) bond motifs is 3. The standard InChI is InChI=1S/C23H30N2O3.CH2/c1-23(15-26,12-11-18-14-24-20-8-3-2-7-19(18)20)25-22(27)28-21-10-9-16-5-4-6-17(21)13-16;/h2-3,7-8,14-17,21,24H,4-6,9-13H2,1H3,(H,25,27);1H2. The number of rotatable bonds is 6. The van der Waals surface area contributed by atoms with Crippen LogP contribution in [0.15, 0.2) is 30.5 Å². The topological polar surface area (TPSA) is 71.2 Å². The van der Waals surface area contributed by atoms with Crippen LogP contribution in [0.4, 0.5) is 4.79 Å². The molecular formula is C24H32N2O3. The van der Waals surface area contributed by atoms with Crippen LogP contribution in [0, 0.1) is 19.3 Å². The predicted molar refractivity (Wildman–Crippen MR) is 115 cm³/mol. The van der Waals surface area contributed by atoms with Crippen LogP contribution in [0.2, 0.25) is 0 Å². The van der Waals surface area contributed by atoms with Crippen LogP contribution in [-0.4, -0.2) is 29.0 Å². The predicted octanol–water partition coefficient (Wildman–Crippen LogP) is 5.08. The summed E-state index contributed by atoms with van der Waals surface area (Å²) < 4.78 is 5.77. The number of carbonyl (C=O) groups excluding carboxylic acids is 2. The maximum absolute atomic E-state index is 12.5. The fraction of sp³-hybridized carbons (Fsp3) is 0.542. The smallest absolute Gasteiger partial charge is 0.408 e. The van der Waals surface area contributed by atoms with Crippen molar-refractivity contribution in [2.24, 2.45) is 11.8 Å². The van der Waals surface area contributed by atoms with E-state index in [2.05, 4.69) is 16.4 Å². The Morgan fingerprint density at radius 2 is 2.10 bits per heavy atom. The van der Waals surface area contributed by atoms with Gasteiger partial charge in [0.1, 0.15) is 12.4 Å². The number of alkyl carbamates (subject to hydrolysis) is 1. The van der Waals surface area contributed by atoms with Gasteiger partial charge in [0, 0.05) is 17.1 Å². The van der Waals surface area contributed by atoms with Gasteiger partial charge < -0.3 is 19.8 Å². The summed E-state index contributed by atoms with van der Waals surface area (Å²) in [5.41, 5.74) is 1.30. The molecule has 0 spiro atoms. The molecule has 4 rings (SSSR count). The van der Waals surface area contributed by atoms with E-state index in [0.717, 1.165) is 47.9 Å². The second kappa shape index (κ2) is 9.02. The van der Waals surface area contributed by atoms with Crippen molar-refractivity contribution in [3.8, 4) is 0 Å². The van der Waals surface area contributed by atoms with Gasteiger partial charge in [-0.2, -0.15) is 0 Å². The molecule has 0 saturated heterocycles. The van der Waals surface area contributed by atoms with Crippen molar-refractivity contribution < 1.29 is 14.3 Å². The van der Waals surface area contributed by atoms with Crippen LogP contribution in [0.25, 0.3) is 10.9 Å². The normalized spacial score (nSPS) is 25.5. The number of benzene rings is 1. The van der Waals surface area contributed by atoms with Crippen molar-refractivity contribution in [1.82, 2.24) is 10.3 Å². The molecule has 2 radical (unpaired) electrons. The molecular weight excluding hydrogens is 364 g/mol. The summed E-state index contributed by atoms with van der Waals surface area (Å²) in [6, 6.07) is 8.11. The van der Waals surface area contributed by atoms with Crippen molar-refractivity contribution >= 4 is 23.3 Å². The molecule has 2 bridgehead atoms. The molecule has 1 heterocycles. The van der Waals surface area contributed by atoms with Crippen molar-refractivity contribution in [2.75, 3.05) is 0 Å². The number of hydrogen-bond acceptors (Lipinski definition) is 3. The van der Waals surface area contributed by atoms with Crippen LogP contribution in [0.5, 0.6) is 0 Å². The highest BCUT2D eigenvalue weighted by Crippen LogP contribution is 2.41. The third kappa shape index (κ3) is 4.82. The number of amides is 1. The highest BCUT2D eigenvalue weighted by atomic mass is 16.6. The number of aromatic amines is 1. The maximum atomic E-state index is 12.5. The zero-order valence-electron chi connectivity index (χ0n) is 17.3. The van der Waals surface area contributed by atoms with Crippen LogP contribution in [0.3, 0.4) is 0 Å². The second-order valence-electron chi connectivity index (χ2n) is 8.83. The molecule has 1 aromatic carbocycles. The summed E-state index contributed by atoms with van der Waals surface area (Å²) in [5, 5.41) is 3.99. The van der Waals surface area contributed by atoms with Crippen LogP contribution < -0.4 is 5.32 Å². The number of aromatic nitrogens is 1. The Bertz CT molecular complexity index is 846. The lowest BCUT2D eigenvalue weighted by molar-refractivity contribution is -0.113. The number of carbonyl (C=O) groups is 2. The molecule has 2 aliphatic carbocycles. The number of aldehydes is 1. The number of hydrogen-bond donors (Lipinski definition) is 2. The van der Waals surface area contributed by atoms with Gasteiger partial charge >= 0.3 is 6.09 Å². The number of para-hydroxylation sites is 1. The highest BCUT2D eigenvalue weighted by Gasteiger charge is 2.36. The summed E-state index contributed by atoms with van der Waals surface area (Å²) in [4.78, 5) is 27.6. The molecule has 4 atom stereocenters. The minimum Gasteiger partial charge on any atom is -0.446 e. The van der Waals surface area contributed by atoms with Gasteiger partial charge in [0.05, 0.1) is 5.54 Å². The van der Waals surface area contributed by atoms with E-state index >= 15 is 0 Å². The maximum Gasteiger partial charge on any atom is 0.408 e. The molecule has 2 saturated carbocycles. The van der Waals surface area contributed by atoms with Crippen molar-refractivity contribution in [1.29, 1.82) is 0 Å². The van der Waals surface area contributed by atoms with Gasteiger partial charge in [0.2, 0.25) is 0 Å². The first kappa shape index (κ1) is 21.4. The number of H-pyrrole nitrogens is 1. The Labute approximate surface area is 173 Å². The molecule has 4 unspecified atom stereocenters. The monoisotopic (exact) mass is 396 g/mol. The largest absolute Gasteiger partial charge is 0.446 e.